The van der Waals surface area contributed by atoms with E-state index < -0.39 is 23.2 Å². The highest BCUT2D eigenvalue weighted by molar-refractivity contribution is 5.96. The zero-order valence-corrected chi connectivity index (χ0v) is 19.9. The van der Waals surface area contributed by atoms with Gasteiger partial charge in [-0.1, -0.05) is 12.1 Å². The van der Waals surface area contributed by atoms with E-state index in [-0.39, 0.29) is 29.7 Å². The molecule has 192 valence electrons. The number of rotatable bonds is 7. The second-order valence-corrected chi connectivity index (χ2v) is 10.5. The van der Waals surface area contributed by atoms with Crippen molar-refractivity contribution in [2.45, 2.75) is 49.9 Å². The monoisotopic (exact) mass is 501 g/mol. The summed E-state index contributed by atoms with van der Waals surface area (Å²) in [6, 6.07) is 8.40. The number of alkyl halides is 3. The average Bonchev–Trinajstić information content (AvgIpc) is 3.57. The maximum atomic E-state index is 12.9. The van der Waals surface area contributed by atoms with E-state index in [9.17, 15) is 27.9 Å². The smallest absolute Gasteiger partial charge is 0.385 e. The Bertz CT molecular complexity index is 1130. The van der Waals surface area contributed by atoms with E-state index in [0.717, 1.165) is 56.5 Å². The van der Waals surface area contributed by atoms with E-state index in [0.29, 0.717) is 18.4 Å². The van der Waals surface area contributed by atoms with E-state index in [2.05, 4.69) is 15.2 Å². The lowest BCUT2D eigenvalue weighted by molar-refractivity contribution is -0.137. The van der Waals surface area contributed by atoms with Crippen LogP contribution in [0.4, 0.5) is 13.2 Å². The molecule has 0 spiro atoms. The summed E-state index contributed by atoms with van der Waals surface area (Å²) in [6.07, 6.45) is 2.84. The SMILES string of the molecule is O=C(CNC(=O)c1cccc(C(F)(F)F)c1)CC1CCN(C2CC3CC2CC3(O)c2cccnc2)C1. The number of fused-ring (bicyclic) bond motifs is 2. The van der Waals surface area contributed by atoms with E-state index in [4.69, 9.17) is 0 Å². The molecule has 2 saturated carbocycles. The molecule has 3 fully saturated rings. The Kier molecular flexibility index (Phi) is 6.63. The number of ketones is 1. The Morgan fingerprint density at radius 1 is 1.19 bits per heavy atom. The Morgan fingerprint density at radius 2 is 2.03 bits per heavy atom. The van der Waals surface area contributed by atoms with Crippen molar-refractivity contribution >= 4 is 11.7 Å². The molecule has 2 bridgehead atoms. The van der Waals surface area contributed by atoms with Gasteiger partial charge in [-0.05, 0) is 74.2 Å². The maximum absolute atomic E-state index is 12.9. The van der Waals surface area contributed by atoms with Crippen LogP contribution in [0.2, 0.25) is 0 Å². The van der Waals surface area contributed by atoms with Crippen molar-refractivity contribution in [1.82, 2.24) is 15.2 Å². The minimum atomic E-state index is -4.53. The second-order valence-electron chi connectivity index (χ2n) is 10.5. The van der Waals surface area contributed by atoms with E-state index in [1.807, 2.05) is 12.1 Å². The van der Waals surface area contributed by atoms with Gasteiger partial charge in [0.1, 0.15) is 0 Å². The van der Waals surface area contributed by atoms with Crippen molar-refractivity contribution < 1.29 is 27.9 Å². The molecule has 1 amide bonds. The number of aromatic nitrogens is 1. The third-order valence-corrected chi connectivity index (χ3v) is 8.27. The van der Waals surface area contributed by atoms with Gasteiger partial charge in [0.05, 0.1) is 17.7 Å². The number of amides is 1. The number of hydrogen-bond acceptors (Lipinski definition) is 5. The summed E-state index contributed by atoms with van der Waals surface area (Å²) in [5, 5.41) is 13.8. The third-order valence-electron chi connectivity index (χ3n) is 8.27. The summed E-state index contributed by atoms with van der Waals surface area (Å²) in [4.78, 5) is 31.4. The number of halogens is 3. The van der Waals surface area contributed by atoms with Crippen LogP contribution >= 0.6 is 0 Å². The maximum Gasteiger partial charge on any atom is 0.416 e. The summed E-state index contributed by atoms with van der Waals surface area (Å²) in [6.45, 7) is 1.53. The van der Waals surface area contributed by atoms with Crippen molar-refractivity contribution in [2.75, 3.05) is 19.6 Å². The molecular weight excluding hydrogens is 471 g/mol. The number of nitrogens with zero attached hydrogens (tertiary/aromatic N) is 2. The summed E-state index contributed by atoms with van der Waals surface area (Å²) < 4.78 is 38.6. The fourth-order valence-electron chi connectivity index (χ4n) is 6.54. The van der Waals surface area contributed by atoms with Gasteiger partial charge in [0.25, 0.3) is 5.91 Å². The fourth-order valence-corrected chi connectivity index (χ4v) is 6.54. The first kappa shape index (κ1) is 24.9. The van der Waals surface area contributed by atoms with Crippen molar-refractivity contribution in [1.29, 1.82) is 0 Å². The number of carbonyl (C=O) groups excluding carboxylic acids is 2. The molecule has 9 heteroatoms. The minimum absolute atomic E-state index is 0.118. The first-order chi connectivity index (χ1) is 17.1. The van der Waals surface area contributed by atoms with Gasteiger partial charge in [0.2, 0.25) is 0 Å². The second kappa shape index (κ2) is 9.59. The van der Waals surface area contributed by atoms with Gasteiger partial charge >= 0.3 is 6.18 Å². The number of hydrogen-bond donors (Lipinski definition) is 2. The van der Waals surface area contributed by atoms with Crippen LogP contribution in [0.5, 0.6) is 0 Å². The van der Waals surface area contributed by atoms with Gasteiger partial charge in [-0.3, -0.25) is 19.5 Å². The molecule has 1 aliphatic heterocycles. The van der Waals surface area contributed by atoms with Gasteiger partial charge in [-0.15, -0.1) is 0 Å². The summed E-state index contributed by atoms with van der Waals surface area (Å²) in [7, 11) is 0. The molecule has 6 nitrogen and oxygen atoms in total. The molecule has 1 saturated heterocycles. The highest BCUT2D eigenvalue weighted by Gasteiger charge is 2.56. The van der Waals surface area contributed by atoms with Crippen molar-refractivity contribution in [3.05, 3.63) is 65.5 Å². The van der Waals surface area contributed by atoms with E-state index in [1.54, 1.807) is 12.4 Å². The molecule has 2 aromatic rings. The van der Waals surface area contributed by atoms with Crippen LogP contribution in [0.25, 0.3) is 0 Å². The van der Waals surface area contributed by atoms with Crippen molar-refractivity contribution in [3.8, 4) is 0 Å². The standard InChI is InChI=1S/C27H30F3N3O3/c28-27(29,30)20-4-1-3-18(10-20)25(35)32-15-23(34)9-17-6-8-33(16-17)24-12-22-11-19(24)13-26(22,36)21-5-2-7-31-14-21/h1-5,7,10,14,17,19,22,24,36H,6,8-9,11-13,15-16H2,(H,32,35). The fraction of sp³-hybridized carbons (Fsp3) is 0.519. The molecule has 1 aromatic heterocycles. The quantitative estimate of drug-likeness (QED) is 0.603. The number of Topliss-reactive ketones (excluding diaryl/α,β-unsaturated/α-hetero) is 1. The first-order valence-corrected chi connectivity index (χ1v) is 12.5. The molecule has 5 unspecified atom stereocenters. The Balaban J connectivity index is 1.09. The predicted octanol–water partition coefficient (Wildman–Crippen LogP) is 3.80. The van der Waals surface area contributed by atoms with Gasteiger partial charge in [0.15, 0.2) is 5.78 Å². The summed E-state index contributed by atoms with van der Waals surface area (Å²) >= 11 is 0. The van der Waals surface area contributed by atoms with Crippen LogP contribution in [-0.4, -0.2) is 52.4 Å². The Labute approximate surface area is 207 Å². The number of aliphatic hydroxyl groups is 1. The molecule has 5 atom stereocenters. The average molecular weight is 502 g/mol. The number of benzene rings is 1. The highest BCUT2D eigenvalue weighted by atomic mass is 19.4. The van der Waals surface area contributed by atoms with Crippen LogP contribution in [0.3, 0.4) is 0 Å². The molecule has 1 aromatic carbocycles. The van der Waals surface area contributed by atoms with Crippen molar-refractivity contribution in [2.24, 2.45) is 17.8 Å². The molecule has 0 radical (unpaired) electrons. The zero-order valence-electron chi connectivity index (χ0n) is 19.9. The van der Waals surface area contributed by atoms with Gasteiger partial charge in [-0.25, -0.2) is 0 Å². The number of pyridine rings is 1. The topological polar surface area (TPSA) is 82.5 Å². The highest BCUT2D eigenvalue weighted by Crippen LogP contribution is 2.57. The largest absolute Gasteiger partial charge is 0.416 e. The van der Waals surface area contributed by atoms with Crippen LogP contribution in [0.1, 0.15) is 53.6 Å². The summed E-state index contributed by atoms with van der Waals surface area (Å²) in [5.74, 6) is 0.01000. The van der Waals surface area contributed by atoms with Gasteiger partial charge in [0, 0.05) is 42.5 Å². The van der Waals surface area contributed by atoms with Gasteiger partial charge < -0.3 is 10.4 Å². The van der Waals surface area contributed by atoms with Crippen LogP contribution < -0.4 is 5.32 Å². The molecule has 5 rings (SSSR count). The Morgan fingerprint density at radius 3 is 2.72 bits per heavy atom. The van der Waals surface area contributed by atoms with Crippen LogP contribution in [-0.2, 0) is 16.6 Å². The molecule has 3 aliphatic rings. The summed E-state index contributed by atoms with van der Waals surface area (Å²) in [5.41, 5.74) is -0.922. The van der Waals surface area contributed by atoms with E-state index >= 15 is 0 Å². The molecular formula is C27H30F3N3O3. The van der Waals surface area contributed by atoms with E-state index in [1.165, 1.54) is 12.1 Å². The molecule has 2 N–H and O–H groups in total. The van der Waals surface area contributed by atoms with Crippen LogP contribution in [0, 0.1) is 17.8 Å². The van der Waals surface area contributed by atoms with Gasteiger partial charge in [-0.2, -0.15) is 13.2 Å². The lowest BCUT2D eigenvalue weighted by atomic mass is 9.77. The lowest BCUT2D eigenvalue weighted by Crippen LogP contribution is -2.43. The number of likely N-dealkylation sites (tertiary alicyclic amines) is 1. The molecule has 36 heavy (non-hydrogen) atoms. The predicted molar refractivity (Wildman–Crippen MR) is 126 cm³/mol. The van der Waals surface area contributed by atoms with Crippen molar-refractivity contribution in [3.63, 3.8) is 0 Å². The first-order valence-electron chi connectivity index (χ1n) is 12.5. The Hall–Kier alpha value is -2.78. The lowest BCUT2D eigenvalue weighted by Gasteiger charge is -2.39. The number of nitrogens with one attached hydrogen (secondary N) is 1. The third kappa shape index (κ3) is 4.91. The molecule has 2 aliphatic carbocycles. The minimum Gasteiger partial charge on any atom is -0.385 e. The van der Waals surface area contributed by atoms with Crippen LogP contribution in [0.15, 0.2) is 48.8 Å². The number of carbonyl (C=O) groups is 2. The molecule has 2 heterocycles. The normalized spacial score (nSPS) is 30.0. The zero-order chi connectivity index (χ0) is 25.5.